The summed E-state index contributed by atoms with van der Waals surface area (Å²) in [7, 11) is 1.78. The highest BCUT2D eigenvalue weighted by atomic mass is 127. The fourth-order valence-electron chi connectivity index (χ4n) is 3.18. The van der Waals surface area contributed by atoms with Crippen LogP contribution in [0.4, 0.5) is 0 Å². The number of aliphatic imine (C=N–C) groups is 1. The lowest BCUT2D eigenvalue weighted by molar-refractivity contribution is 0.0676. The van der Waals surface area contributed by atoms with Gasteiger partial charge in [-0.2, -0.15) is 5.10 Å². The van der Waals surface area contributed by atoms with Crippen molar-refractivity contribution in [3.05, 3.63) is 47.8 Å². The maximum atomic E-state index is 6.07. The van der Waals surface area contributed by atoms with E-state index in [1.54, 1.807) is 13.2 Å². The van der Waals surface area contributed by atoms with Gasteiger partial charge in [0, 0.05) is 51.2 Å². The van der Waals surface area contributed by atoms with Crippen LogP contribution in [-0.4, -0.2) is 48.7 Å². The first-order valence-electron chi connectivity index (χ1n) is 10.0. The molecule has 7 nitrogen and oxygen atoms in total. The van der Waals surface area contributed by atoms with E-state index >= 15 is 0 Å². The summed E-state index contributed by atoms with van der Waals surface area (Å²) in [6.07, 6.45) is 7.16. The number of hydrogen-bond donors (Lipinski definition) is 2. The number of ether oxygens (including phenoxy) is 2. The van der Waals surface area contributed by atoms with E-state index in [9.17, 15) is 0 Å². The fraction of sp³-hybridized carbons (Fsp3) is 0.524. The molecule has 0 bridgehead atoms. The molecule has 2 heterocycles. The lowest BCUT2D eigenvalue weighted by atomic mass is 10.1. The van der Waals surface area contributed by atoms with Crippen LogP contribution in [0.1, 0.15) is 30.4 Å². The molecule has 0 spiro atoms. The number of nitrogens with zero attached hydrogens (tertiary/aromatic N) is 3. The molecule has 0 radical (unpaired) electrons. The minimum atomic E-state index is 0. The van der Waals surface area contributed by atoms with Crippen molar-refractivity contribution >= 4 is 29.9 Å². The van der Waals surface area contributed by atoms with Crippen LogP contribution in [0, 0.1) is 6.92 Å². The minimum absolute atomic E-state index is 0. The van der Waals surface area contributed by atoms with Crippen LogP contribution in [0.2, 0.25) is 0 Å². The Balaban J connectivity index is 0.00000300. The van der Waals surface area contributed by atoms with Crippen molar-refractivity contribution in [3.63, 3.8) is 0 Å². The molecule has 1 aliphatic heterocycles. The van der Waals surface area contributed by atoms with Crippen molar-refractivity contribution < 1.29 is 9.47 Å². The van der Waals surface area contributed by atoms with Gasteiger partial charge >= 0.3 is 0 Å². The Labute approximate surface area is 190 Å². The second-order valence-corrected chi connectivity index (χ2v) is 7.03. The van der Waals surface area contributed by atoms with Crippen molar-refractivity contribution in [2.45, 2.75) is 45.4 Å². The molecular weight excluding hydrogens is 481 g/mol. The van der Waals surface area contributed by atoms with Crippen molar-refractivity contribution in [1.82, 2.24) is 20.4 Å². The molecule has 0 aliphatic carbocycles. The molecule has 1 aromatic carbocycles. The number of aromatic nitrogens is 2. The van der Waals surface area contributed by atoms with Gasteiger partial charge in [-0.15, -0.1) is 24.0 Å². The number of rotatable bonds is 9. The Morgan fingerprint density at radius 1 is 1.38 bits per heavy atom. The monoisotopic (exact) mass is 513 g/mol. The second kappa shape index (κ2) is 12.7. The number of halogens is 1. The summed E-state index contributed by atoms with van der Waals surface area (Å²) in [6, 6.07) is 8.24. The van der Waals surface area contributed by atoms with Gasteiger partial charge in [-0.05, 0) is 43.9 Å². The van der Waals surface area contributed by atoms with Gasteiger partial charge in [-0.25, -0.2) is 0 Å². The molecule has 0 saturated carbocycles. The molecule has 1 aromatic heterocycles. The van der Waals surface area contributed by atoms with Gasteiger partial charge < -0.3 is 20.1 Å². The summed E-state index contributed by atoms with van der Waals surface area (Å²) >= 11 is 0. The Morgan fingerprint density at radius 3 is 3.00 bits per heavy atom. The zero-order valence-corrected chi connectivity index (χ0v) is 19.6. The highest BCUT2D eigenvalue weighted by Gasteiger charge is 2.17. The zero-order valence-electron chi connectivity index (χ0n) is 17.3. The maximum absolute atomic E-state index is 6.07. The molecule has 1 fully saturated rings. The van der Waals surface area contributed by atoms with Crippen LogP contribution in [0.15, 0.2) is 41.7 Å². The lowest BCUT2D eigenvalue weighted by Gasteiger charge is -2.17. The van der Waals surface area contributed by atoms with Crippen molar-refractivity contribution in [3.8, 4) is 5.75 Å². The topological polar surface area (TPSA) is 72.7 Å². The van der Waals surface area contributed by atoms with Crippen LogP contribution < -0.4 is 15.4 Å². The Bertz CT molecular complexity index is 746. The number of benzene rings is 1. The summed E-state index contributed by atoms with van der Waals surface area (Å²) in [5.74, 6) is 1.70. The molecule has 2 N–H and O–H groups in total. The standard InChI is InChI=1S/C21H31N5O2.HI/c1-17-7-8-18(20(14-17)28-16-19-6-3-13-27-19)15-24-21(22-2)23-9-4-11-26-12-5-10-25-26;/h5,7-8,10,12,14,19H,3-4,6,9,11,13,15-16H2,1-2H3,(H2,22,23,24);1H. The van der Waals surface area contributed by atoms with Crippen LogP contribution in [-0.2, 0) is 17.8 Å². The second-order valence-electron chi connectivity index (χ2n) is 7.03. The van der Waals surface area contributed by atoms with Gasteiger partial charge in [-0.3, -0.25) is 9.67 Å². The molecule has 3 rings (SSSR count). The van der Waals surface area contributed by atoms with Crippen molar-refractivity contribution in [2.75, 3.05) is 26.8 Å². The molecule has 1 aliphatic rings. The Hall–Kier alpha value is -1.81. The van der Waals surface area contributed by atoms with E-state index in [1.165, 1.54) is 5.56 Å². The van der Waals surface area contributed by atoms with Crippen molar-refractivity contribution in [2.24, 2.45) is 4.99 Å². The first kappa shape index (κ1) is 23.5. The average Bonchev–Trinajstić information content (AvgIpc) is 3.41. The summed E-state index contributed by atoms with van der Waals surface area (Å²) in [5.41, 5.74) is 2.30. The third-order valence-electron chi connectivity index (χ3n) is 4.76. The maximum Gasteiger partial charge on any atom is 0.191 e. The third-order valence-corrected chi connectivity index (χ3v) is 4.76. The van der Waals surface area contributed by atoms with Gasteiger partial charge in [0.05, 0.1) is 6.10 Å². The Morgan fingerprint density at radius 2 is 2.28 bits per heavy atom. The lowest BCUT2D eigenvalue weighted by Crippen LogP contribution is -2.37. The zero-order chi connectivity index (χ0) is 19.6. The molecule has 1 atom stereocenters. The van der Waals surface area contributed by atoms with Gasteiger partial charge in [0.15, 0.2) is 5.96 Å². The van der Waals surface area contributed by atoms with Gasteiger partial charge in [0.1, 0.15) is 12.4 Å². The summed E-state index contributed by atoms with van der Waals surface area (Å²) in [5, 5.41) is 10.9. The molecule has 29 heavy (non-hydrogen) atoms. The largest absolute Gasteiger partial charge is 0.491 e. The SMILES string of the molecule is CN=C(NCCCn1cccn1)NCc1ccc(C)cc1OCC1CCCO1.I. The smallest absolute Gasteiger partial charge is 0.191 e. The summed E-state index contributed by atoms with van der Waals surface area (Å²) < 4.78 is 13.7. The molecule has 1 unspecified atom stereocenters. The average molecular weight is 513 g/mol. The Kier molecular flexibility index (Phi) is 10.3. The van der Waals surface area contributed by atoms with Gasteiger partial charge in [-0.1, -0.05) is 12.1 Å². The van der Waals surface area contributed by atoms with Crippen molar-refractivity contribution in [1.29, 1.82) is 0 Å². The number of nitrogens with one attached hydrogen (secondary N) is 2. The van der Waals surface area contributed by atoms with Crippen LogP contribution >= 0.6 is 24.0 Å². The fourth-order valence-corrected chi connectivity index (χ4v) is 3.18. The summed E-state index contributed by atoms with van der Waals surface area (Å²) in [6.45, 7) is 5.90. The van der Waals surface area contributed by atoms with Crippen LogP contribution in [0.3, 0.4) is 0 Å². The minimum Gasteiger partial charge on any atom is -0.491 e. The highest BCUT2D eigenvalue weighted by Crippen LogP contribution is 2.22. The van der Waals surface area contributed by atoms with Crippen LogP contribution in [0.5, 0.6) is 5.75 Å². The number of hydrogen-bond acceptors (Lipinski definition) is 4. The number of aryl methyl sites for hydroxylation is 2. The predicted octanol–water partition coefficient (Wildman–Crippen LogP) is 3.12. The van der Waals surface area contributed by atoms with Gasteiger partial charge in [0.2, 0.25) is 0 Å². The molecule has 2 aromatic rings. The quantitative estimate of drug-likeness (QED) is 0.233. The predicted molar refractivity (Wildman–Crippen MR) is 126 cm³/mol. The van der Waals surface area contributed by atoms with E-state index in [2.05, 4.69) is 45.8 Å². The van der Waals surface area contributed by atoms with E-state index in [0.29, 0.717) is 13.2 Å². The van der Waals surface area contributed by atoms with E-state index in [0.717, 1.165) is 56.2 Å². The molecule has 1 saturated heterocycles. The van der Waals surface area contributed by atoms with E-state index in [-0.39, 0.29) is 30.1 Å². The van der Waals surface area contributed by atoms with Gasteiger partial charge in [0.25, 0.3) is 0 Å². The summed E-state index contributed by atoms with van der Waals surface area (Å²) in [4.78, 5) is 4.31. The molecule has 8 heteroatoms. The first-order chi connectivity index (χ1) is 13.7. The first-order valence-corrected chi connectivity index (χ1v) is 10.0. The van der Waals surface area contributed by atoms with Crippen LogP contribution in [0.25, 0.3) is 0 Å². The van der Waals surface area contributed by atoms with E-state index in [4.69, 9.17) is 9.47 Å². The molecule has 160 valence electrons. The van der Waals surface area contributed by atoms with E-state index in [1.807, 2.05) is 16.9 Å². The molecular formula is C21H32IN5O2. The molecule has 0 amide bonds. The van der Waals surface area contributed by atoms with E-state index < -0.39 is 0 Å². The number of guanidine groups is 1. The highest BCUT2D eigenvalue weighted by molar-refractivity contribution is 14.0. The third kappa shape index (κ3) is 7.85. The normalized spacial score (nSPS) is 16.3.